The summed E-state index contributed by atoms with van der Waals surface area (Å²) in [5.74, 6) is 0. The summed E-state index contributed by atoms with van der Waals surface area (Å²) in [6.07, 6.45) is -2.75. The van der Waals surface area contributed by atoms with Gasteiger partial charge in [0.05, 0.1) is 18.4 Å². The Hall–Kier alpha value is -1.11. The molecule has 1 aromatic rings. The van der Waals surface area contributed by atoms with Crippen LogP contribution in [0.5, 0.6) is 0 Å². The summed E-state index contributed by atoms with van der Waals surface area (Å²) in [4.78, 5) is 0. The minimum absolute atomic E-state index is 0.114. The van der Waals surface area contributed by atoms with Crippen LogP contribution in [0.25, 0.3) is 0 Å². The van der Waals surface area contributed by atoms with Gasteiger partial charge in [-0.25, -0.2) is 0 Å². The summed E-state index contributed by atoms with van der Waals surface area (Å²) in [5, 5.41) is 9.35. The molecule has 0 atom stereocenters. The number of alkyl halides is 3. The Morgan fingerprint density at radius 2 is 2.23 bits per heavy atom. The van der Waals surface area contributed by atoms with Crippen LogP contribution in [-0.2, 0) is 13.6 Å². The third-order valence-electron chi connectivity index (χ3n) is 1.44. The lowest BCUT2D eigenvalue weighted by Crippen LogP contribution is -2.28. The predicted molar refractivity (Wildman–Crippen MR) is 38.8 cm³/mol. The summed E-state index contributed by atoms with van der Waals surface area (Å²) in [5.41, 5.74) is 0.615. The van der Waals surface area contributed by atoms with E-state index in [0.717, 1.165) is 0 Å². The molecule has 1 heterocycles. The maximum absolute atomic E-state index is 11.7. The molecule has 0 radical (unpaired) electrons. The van der Waals surface area contributed by atoms with Crippen LogP contribution < -0.4 is 5.32 Å². The molecule has 0 fully saturated rings. The van der Waals surface area contributed by atoms with Gasteiger partial charge in [0.25, 0.3) is 0 Å². The second-order valence-corrected chi connectivity index (χ2v) is 2.57. The molecular weight excluding hydrogens is 185 g/mol. The van der Waals surface area contributed by atoms with Crippen molar-refractivity contribution in [3.8, 4) is 0 Å². The molecule has 0 aliphatic rings. The molecule has 0 bridgehead atoms. The number of rotatable bonds is 3. The monoisotopic (exact) mass is 194 g/mol. The molecular formula is C6H9F3N4. The van der Waals surface area contributed by atoms with Gasteiger partial charge < -0.3 is 5.32 Å². The molecule has 7 heteroatoms. The number of nitrogens with one attached hydrogen (secondary N) is 1. The lowest BCUT2D eigenvalue weighted by Gasteiger charge is -2.07. The molecule has 1 N–H and O–H groups in total. The fraction of sp³-hybridized carbons (Fsp3) is 0.667. The SMILES string of the molecule is Cn1nncc1CNCC(F)(F)F. The van der Waals surface area contributed by atoms with Gasteiger partial charge in [0, 0.05) is 13.6 Å². The van der Waals surface area contributed by atoms with Crippen molar-refractivity contribution in [3.05, 3.63) is 11.9 Å². The van der Waals surface area contributed by atoms with Gasteiger partial charge in [0.15, 0.2) is 0 Å². The van der Waals surface area contributed by atoms with Gasteiger partial charge >= 0.3 is 6.18 Å². The number of hydrogen-bond donors (Lipinski definition) is 1. The van der Waals surface area contributed by atoms with E-state index in [9.17, 15) is 13.2 Å². The Labute approximate surface area is 72.7 Å². The Morgan fingerprint density at radius 3 is 2.69 bits per heavy atom. The van der Waals surface area contributed by atoms with Crippen LogP contribution in [0, 0.1) is 0 Å². The van der Waals surface area contributed by atoms with Crippen LogP contribution in [0.3, 0.4) is 0 Å². The summed E-state index contributed by atoms with van der Waals surface area (Å²) in [7, 11) is 1.62. The van der Waals surface area contributed by atoms with Crippen molar-refractivity contribution in [3.63, 3.8) is 0 Å². The zero-order valence-corrected chi connectivity index (χ0v) is 6.97. The molecule has 0 spiro atoms. The van der Waals surface area contributed by atoms with Crippen LogP contribution in [0.15, 0.2) is 6.20 Å². The number of hydrogen-bond acceptors (Lipinski definition) is 3. The van der Waals surface area contributed by atoms with E-state index in [1.54, 1.807) is 7.05 Å². The molecule has 0 saturated heterocycles. The van der Waals surface area contributed by atoms with Gasteiger partial charge in [-0.05, 0) is 0 Å². The number of aryl methyl sites for hydroxylation is 1. The molecule has 0 saturated carbocycles. The van der Waals surface area contributed by atoms with Gasteiger partial charge in [-0.2, -0.15) is 13.2 Å². The first-order valence-corrected chi connectivity index (χ1v) is 3.60. The van der Waals surface area contributed by atoms with Crippen LogP contribution in [0.2, 0.25) is 0 Å². The van der Waals surface area contributed by atoms with Crippen molar-refractivity contribution >= 4 is 0 Å². The topological polar surface area (TPSA) is 42.7 Å². The standard InChI is InChI=1S/C6H9F3N4/c1-13-5(3-11-12-13)2-10-4-6(7,8)9/h3,10H,2,4H2,1H3. The van der Waals surface area contributed by atoms with Crippen molar-refractivity contribution in [1.82, 2.24) is 20.3 Å². The summed E-state index contributed by atoms with van der Waals surface area (Å²) < 4.78 is 36.5. The highest BCUT2D eigenvalue weighted by Gasteiger charge is 2.26. The van der Waals surface area contributed by atoms with Crippen LogP contribution in [-0.4, -0.2) is 27.7 Å². The van der Waals surface area contributed by atoms with Crippen molar-refractivity contribution in [1.29, 1.82) is 0 Å². The molecule has 0 aliphatic carbocycles. The van der Waals surface area contributed by atoms with Gasteiger partial charge in [-0.15, -0.1) is 5.10 Å². The number of nitrogens with zero attached hydrogens (tertiary/aromatic N) is 3. The Bertz CT molecular complexity index is 267. The lowest BCUT2D eigenvalue weighted by molar-refractivity contribution is -0.125. The van der Waals surface area contributed by atoms with Crippen molar-refractivity contribution in [2.24, 2.45) is 7.05 Å². The van der Waals surface area contributed by atoms with Gasteiger partial charge in [0.2, 0.25) is 0 Å². The van der Waals surface area contributed by atoms with Crippen LogP contribution >= 0.6 is 0 Å². The quantitative estimate of drug-likeness (QED) is 0.760. The maximum atomic E-state index is 11.7. The third-order valence-corrected chi connectivity index (χ3v) is 1.44. The molecule has 0 aromatic carbocycles. The number of halogens is 3. The molecule has 4 nitrogen and oxygen atoms in total. The van der Waals surface area contributed by atoms with E-state index >= 15 is 0 Å². The summed E-state index contributed by atoms with van der Waals surface area (Å²) >= 11 is 0. The Kier molecular flexibility index (Phi) is 2.86. The van der Waals surface area contributed by atoms with E-state index in [4.69, 9.17) is 0 Å². The molecule has 0 unspecified atom stereocenters. The lowest BCUT2D eigenvalue weighted by atomic mass is 10.4. The Balaban J connectivity index is 2.32. The van der Waals surface area contributed by atoms with Crippen molar-refractivity contribution in [2.45, 2.75) is 12.7 Å². The van der Waals surface area contributed by atoms with E-state index in [1.165, 1.54) is 10.9 Å². The minimum atomic E-state index is -4.17. The molecule has 1 aromatic heterocycles. The fourth-order valence-electron chi connectivity index (χ4n) is 0.803. The Morgan fingerprint density at radius 1 is 1.54 bits per heavy atom. The molecule has 0 aliphatic heterocycles. The number of aromatic nitrogens is 3. The molecule has 1 rings (SSSR count). The average Bonchev–Trinajstić information content (AvgIpc) is 2.34. The second kappa shape index (κ2) is 3.73. The van der Waals surface area contributed by atoms with Crippen LogP contribution in [0.1, 0.15) is 5.69 Å². The first-order chi connectivity index (χ1) is 5.99. The van der Waals surface area contributed by atoms with E-state index in [-0.39, 0.29) is 6.54 Å². The maximum Gasteiger partial charge on any atom is 0.401 e. The van der Waals surface area contributed by atoms with E-state index in [0.29, 0.717) is 5.69 Å². The smallest absolute Gasteiger partial charge is 0.303 e. The van der Waals surface area contributed by atoms with Crippen molar-refractivity contribution in [2.75, 3.05) is 6.54 Å². The zero-order chi connectivity index (χ0) is 9.90. The van der Waals surface area contributed by atoms with E-state index in [2.05, 4.69) is 15.6 Å². The minimum Gasteiger partial charge on any atom is -0.303 e. The van der Waals surface area contributed by atoms with E-state index in [1.807, 2.05) is 0 Å². The highest BCUT2D eigenvalue weighted by Crippen LogP contribution is 2.12. The highest BCUT2D eigenvalue weighted by molar-refractivity contribution is 4.92. The van der Waals surface area contributed by atoms with Gasteiger partial charge in [-0.3, -0.25) is 4.68 Å². The second-order valence-electron chi connectivity index (χ2n) is 2.57. The van der Waals surface area contributed by atoms with Gasteiger partial charge in [0.1, 0.15) is 0 Å². The zero-order valence-electron chi connectivity index (χ0n) is 6.97. The highest BCUT2D eigenvalue weighted by atomic mass is 19.4. The van der Waals surface area contributed by atoms with Crippen molar-refractivity contribution < 1.29 is 13.2 Å². The summed E-state index contributed by atoms with van der Waals surface area (Å²) in [6, 6.07) is 0. The normalized spacial score (nSPS) is 12.0. The third kappa shape index (κ3) is 3.41. The molecule has 74 valence electrons. The van der Waals surface area contributed by atoms with E-state index < -0.39 is 12.7 Å². The predicted octanol–water partition coefficient (Wildman–Crippen LogP) is 0.467. The average molecular weight is 194 g/mol. The fourth-order valence-corrected chi connectivity index (χ4v) is 0.803. The largest absolute Gasteiger partial charge is 0.401 e. The molecule has 0 amide bonds. The summed E-state index contributed by atoms with van der Waals surface area (Å²) in [6.45, 7) is -0.888. The first-order valence-electron chi connectivity index (χ1n) is 3.60. The first kappa shape index (κ1) is 9.97. The molecule has 13 heavy (non-hydrogen) atoms. The van der Waals surface area contributed by atoms with Crippen LogP contribution in [0.4, 0.5) is 13.2 Å². The van der Waals surface area contributed by atoms with Gasteiger partial charge in [-0.1, -0.05) is 5.21 Å².